The fourth-order valence-corrected chi connectivity index (χ4v) is 3.26. The second-order valence-corrected chi connectivity index (χ2v) is 7.54. The fraction of sp³-hybridized carbons (Fsp3) is 0.458. The highest BCUT2D eigenvalue weighted by molar-refractivity contribution is 5.79. The van der Waals surface area contributed by atoms with Crippen molar-refractivity contribution < 1.29 is 14.2 Å². The van der Waals surface area contributed by atoms with Crippen LogP contribution in [0.1, 0.15) is 24.0 Å². The number of aliphatic imine (C=N–C) groups is 1. The predicted octanol–water partition coefficient (Wildman–Crippen LogP) is 3.90. The first-order chi connectivity index (χ1) is 14.7. The Morgan fingerprint density at radius 3 is 2.80 bits per heavy atom. The van der Waals surface area contributed by atoms with Gasteiger partial charge in [-0.15, -0.1) is 0 Å². The van der Waals surface area contributed by atoms with Gasteiger partial charge in [-0.2, -0.15) is 0 Å². The van der Waals surface area contributed by atoms with Crippen LogP contribution in [0.5, 0.6) is 11.5 Å². The van der Waals surface area contributed by atoms with Gasteiger partial charge in [-0.25, -0.2) is 0 Å². The highest BCUT2D eigenvalue weighted by Crippen LogP contribution is 2.26. The molecule has 1 heterocycles. The van der Waals surface area contributed by atoms with E-state index in [4.69, 9.17) is 14.2 Å². The van der Waals surface area contributed by atoms with Gasteiger partial charge in [0.05, 0.1) is 13.2 Å². The van der Waals surface area contributed by atoms with Crippen LogP contribution < -0.4 is 15.4 Å². The van der Waals surface area contributed by atoms with Crippen LogP contribution in [0.15, 0.2) is 53.5 Å². The second kappa shape index (κ2) is 12.2. The summed E-state index contributed by atoms with van der Waals surface area (Å²) in [4.78, 5) is 4.31. The smallest absolute Gasteiger partial charge is 0.191 e. The van der Waals surface area contributed by atoms with Gasteiger partial charge in [0.25, 0.3) is 0 Å². The first-order valence-electron chi connectivity index (χ1n) is 10.7. The Balaban J connectivity index is 1.41. The van der Waals surface area contributed by atoms with Crippen molar-refractivity contribution in [2.75, 3.05) is 40.0 Å². The Hall–Kier alpha value is -2.57. The van der Waals surface area contributed by atoms with Gasteiger partial charge in [0.1, 0.15) is 11.5 Å². The molecule has 3 rings (SSSR count). The van der Waals surface area contributed by atoms with E-state index in [2.05, 4.69) is 40.7 Å². The number of hydrogen-bond acceptors (Lipinski definition) is 4. The van der Waals surface area contributed by atoms with Gasteiger partial charge in [-0.3, -0.25) is 4.99 Å². The Labute approximate surface area is 179 Å². The molecule has 2 aromatic carbocycles. The van der Waals surface area contributed by atoms with Gasteiger partial charge in [-0.05, 0) is 43.5 Å². The molecule has 0 saturated carbocycles. The molecular formula is C24H33N3O3. The van der Waals surface area contributed by atoms with Crippen LogP contribution in [-0.2, 0) is 16.0 Å². The normalized spacial score (nSPS) is 16.5. The van der Waals surface area contributed by atoms with E-state index in [0.29, 0.717) is 12.5 Å². The number of para-hydroxylation sites is 1. The maximum Gasteiger partial charge on any atom is 0.191 e. The molecule has 0 aromatic heterocycles. The minimum Gasteiger partial charge on any atom is -0.457 e. The van der Waals surface area contributed by atoms with Gasteiger partial charge in [0, 0.05) is 44.8 Å². The standard InChI is InChI=1S/C24H33N3O3/c1-19-9-10-21(23(15-19)30-22-7-4-3-5-8-22)16-27-24(25-2)26-12-6-13-28-17-20-11-14-29-18-20/h3-5,7-10,15,20H,6,11-14,16-18H2,1-2H3,(H2,25,26,27). The van der Waals surface area contributed by atoms with E-state index >= 15 is 0 Å². The number of nitrogens with zero attached hydrogens (tertiary/aromatic N) is 1. The van der Waals surface area contributed by atoms with Crippen molar-refractivity contribution in [3.8, 4) is 11.5 Å². The van der Waals surface area contributed by atoms with Crippen LogP contribution in [0.25, 0.3) is 0 Å². The molecule has 2 aromatic rings. The van der Waals surface area contributed by atoms with Crippen molar-refractivity contribution in [2.24, 2.45) is 10.9 Å². The van der Waals surface area contributed by atoms with Crippen molar-refractivity contribution >= 4 is 5.96 Å². The quantitative estimate of drug-likeness (QED) is 0.353. The lowest BCUT2D eigenvalue weighted by molar-refractivity contribution is 0.0888. The summed E-state index contributed by atoms with van der Waals surface area (Å²) in [6, 6.07) is 16.1. The summed E-state index contributed by atoms with van der Waals surface area (Å²) in [5.41, 5.74) is 2.24. The summed E-state index contributed by atoms with van der Waals surface area (Å²) in [6.07, 6.45) is 2.05. The molecule has 0 amide bonds. The van der Waals surface area contributed by atoms with E-state index < -0.39 is 0 Å². The molecule has 1 aliphatic heterocycles. The maximum absolute atomic E-state index is 6.10. The number of guanidine groups is 1. The SMILES string of the molecule is CN=C(NCCCOCC1CCOC1)NCc1ccc(C)cc1Oc1ccccc1. The fourth-order valence-electron chi connectivity index (χ4n) is 3.26. The summed E-state index contributed by atoms with van der Waals surface area (Å²) >= 11 is 0. The van der Waals surface area contributed by atoms with Crippen LogP contribution in [0.4, 0.5) is 0 Å². The van der Waals surface area contributed by atoms with Crippen LogP contribution in [0.3, 0.4) is 0 Å². The van der Waals surface area contributed by atoms with Crippen molar-refractivity contribution in [1.82, 2.24) is 10.6 Å². The number of nitrogens with one attached hydrogen (secondary N) is 2. The zero-order chi connectivity index (χ0) is 21.0. The van der Waals surface area contributed by atoms with Crippen molar-refractivity contribution in [3.05, 3.63) is 59.7 Å². The molecule has 0 radical (unpaired) electrons. The molecule has 30 heavy (non-hydrogen) atoms. The van der Waals surface area contributed by atoms with Gasteiger partial charge in [0.2, 0.25) is 0 Å². The molecule has 162 valence electrons. The van der Waals surface area contributed by atoms with E-state index in [-0.39, 0.29) is 0 Å². The summed E-state index contributed by atoms with van der Waals surface area (Å²) in [5, 5.41) is 6.71. The van der Waals surface area contributed by atoms with E-state index in [1.807, 2.05) is 30.3 Å². The molecule has 0 spiro atoms. The minimum atomic E-state index is 0.564. The van der Waals surface area contributed by atoms with E-state index in [0.717, 1.165) is 74.4 Å². The third kappa shape index (κ3) is 7.35. The van der Waals surface area contributed by atoms with Gasteiger partial charge >= 0.3 is 0 Å². The third-order valence-electron chi connectivity index (χ3n) is 5.00. The summed E-state index contributed by atoms with van der Waals surface area (Å²) in [6.45, 7) is 6.75. The van der Waals surface area contributed by atoms with E-state index in [1.165, 1.54) is 0 Å². The lowest BCUT2D eigenvalue weighted by Crippen LogP contribution is -2.37. The Kier molecular flexibility index (Phi) is 9.00. The largest absolute Gasteiger partial charge is 0.457 e. The average molecular weight is 412 g/mol. The van der Waals surface area contributed by atoms with Gasteiger partial charge in [0.15, 0.2) is 5.96 Å². The van der Waals surface area contributed by atoms with Gasteiger partial charge in [-0.1, -0.05) is 30.3 Å². The molecule has 2 N–H and O–H groups in total. The predicted molar refractivity (Wildman–Crippen MR) is 120 cm³/mol. The van der Waals surface area contributed by atoms with Crippen molar-refractivity contribution in [1.29, 1.82) is 0 Å². The molecular weight excluding hydrogens is 378 g/mol. The van der Waals surface area contributed by atoms with Crippen molar-refractivity contribution in [3.63, 3.8) is 0 Å². The second-order valence-electron chi connectivity index (χ2n) is 7.54. The molecule has 1 unspecified atom stereocenters. The molecule has 1 fully saturated rings. The minimum absolute atomic E-state index is 0.564. The van der Waals surface area contributed by atoms with Crippen LogP contribution in [0, 0.1) is 12.8 Å². The van der Waals surface area contributed by atoms with E-state index in [9.17, 15) is 0 Å². The number of aryl methyl sites for hydroxylation is 1. The lowest BCUT2D eigenvalue weighted by Gasteiger charge is -2.15. The molecule has 1 saturated heterocycles. The summed E-state index contributed by atoms with van der Waals surface area (Å²) in [5.74, 6) is 3.02. The molecule has 0 bridgehead atoms. The number of benzene rings is 2. The van der Waals surface area contributed by atoms with Gasteiger partial charge < -0.3 is 24.8 Å². The first-order valence-corrected chi connectivity index (χ1v) is 10.7. The molecule has 6 nitrogen and oxygen atoms in total. The Bertz CT molecular complexity index is 790. The number of hydrogen-bond donors (Lipinski definition) is 2. The highest BCUT2D eigenvalue weighted by Gasteiger charge is 2.15. The first kappa shape index (κ1) is 22.1. The zero-order valence-electron chi connectivity index (χ0n) is 18.0. The van der Waals surface area contributed by atoms with Crippen LogP contribution in [0.2, 0.25) is 0 Å². The molecule has 1 atom stereocenters. The van der Waals surface area contributed by atoms with Crippen molar-refractivity contribution in [2.45, 2.75) is 26.3 Å². The molecule has 0 aliphatic carbocycles. The van der Waals surface area contributed by atoms with E-state index in [1.54, 1.807) is 7.05 Å². The zero-order valence-corrected chi connectivity index (χ0v) is 18.0. The van der Waals surface area contributed by atoms with Crippen LogP contribution >= 0.6 is 0 Å². The summed E-state index contributed by atoms with van der Waals surface area (Å²) < 4.78 is 17.2. The highest BCUT2D eigenvalue weighted by atomic mass is 16.5. The number of rotatable bonds is 10. The average Bonchev–Trinajstić information content (AvgIpc) is 3.28. The molecule has 6 heteroatoms. The monoisotopic (exact) mass is 411 g/mol. The maximum atomic E-state index is 6.10. The lowest BCUT2D eigenvalue weighted by atomic mass is 10.1. The number of ether oxygens (including phenoxy) is 3. The Morgan fingerprint density at radius 1 is 1.17 bits per heavy atom. The Morgan fingerprint density at radius 2 is 2.03 bits per heavy atom. The third-order valence-corrected chi connectivity index (χ3v) is 5.00. The van der Waals surface area contributed by atoms with Crippen LogP contribution in [-0.4, -0.2) is 46.0 Å². The molecule has 1 aliphatic rings. The topological polar surface area (TPSA) is 64.1 Å². The summed E-state index contributed by atoms with van der Waals surface area (Å²) in [7, 11) is 1.78.